The summed E-state index contributed by atoms with van der Waals surface area (Å²) >= 11 is 0. The van der Waals surface area contributed by atoms with Crippen LogP contribution in [-0.2, 0) is 0 Å². The quantitative estimate of drug-likeness (QED) is 0.650. The fourth-order valence-electron chi connectivity index (χ4n) is 3.73. The topological polar surface area (TPSA) is 58.1 Å². The number of carbonyl (C=O) groups excluding carboxylic acids is 1. The third-order valence-electron chi connectivity index (χ3n) is 5.94. The van der Waals surface area contributed by atoms with Gasteiger partial charge in [-0.25, -0.2) is 0 Å². The molecule has 0 spiro atoms. The third kappa shape index (κ3) is 4.51. The van der Waals surface area contributed by atoms with E-state index in [4.69, 9.17) is 0 Å². The number of aromatic nitrogens is 2. The maximum absolute atomic E-state index is 12.6. The number of amides is 1. The van der Waals surface area contributed by atoms with E-state index in [2.05, 4.69) is 27.3 Å². The minimum atomic E-state index is -0.115. The molecule has 5 nitrogen and oxygen atoms in total. The molecular weight excluding hydrogens is 372 g/mol. The van der Waals surface area contributed by atoms with E-state index in [1.165, 1.54) is 18.4 Å². The molecule has 0 bridgehead atoms. The van der Waals surface area contributed by atoms with E-state index in [9.17, 15) is 4.79 Å². The van der Waals surface area contributed by atoms with Gasteiger partial charge in [0.2, 0.25) is 0 Å². The van der Waals surface area contributed by atoms with E-state index < -0.39 is 0 Å². The summed E-state index contributed by atoms with van der Waals surface area (Å²) < 4.78 is 0. The van der Waals surface area contributed by atoms with Crippen LogP contribution in [0.1, 0.15) is 41.3 Å². The average Bonchev–Trinajstić information content (AvgIpc) is 2.76. The van der Waals surface area contributed by atoms with Crippen molar-refractivity contribution in [3.63, 3.8) is 0 Å². The SMILES string of the molecule is Cc1ccc(C(=O)Nc2cccc(-c3ccc(N4CCC(C)CC4)nn3)c2)cc1C. The minimum absolute atomic E-state index is 0.115. The molecule has 2 aromatic carbocycles. The Morgan fingerprint density at radius 3 is 2.47 bits per heavy atom. The van der Waals surface area contributed by atoms with Crippen LogP contribution in [0.3, 0.4) is 0 Å². The Hall–Kier alpha value is -3.21. The van der Waals surface area contributed by atoms with Crippen molar-refractivity contribution in [1.82, 2.24) is 10.2 Å². The van der Waals surface area contributed by atoms with E-state index >= 15 is 0 Å². The second kappa shape index (κ2) is 8.66. The fraction of sp³-hybridized carbons (Fsp3) is 0.320. The molecule has 154 valence electrons. The molecule has 0 saturated carbocycles. The largest absolute Gasteiger partial charge is 0.355 e. The first-order valence-electron chi connectivity index (χ1n) is 10.6. The summed E-state index contributed by atoms with van der Waals surface area (Å²) in [6.45, 7) is 8.43. The molecule has 1 N–H and O–H groups in total. The summed E-state index contributed by atoms with van der Waals surface area (Å²) in [6.07, 6.45) is 2.40. The van der Waals surface area contributed by atoms with E-state index in [0.29, 0.717) is 5.56 Å². The second-order valence-electron chi connectivity index (χ2n) is 8.28. The Balaban J connectivity index is 1.47. The predicted octanol–water partition coefficient (Wildman–Crippen LogP) is 5.25. The standard InChI is InChI=1S/C25H28N4O/c1-17-11-13-29(14-12-17)24-10-9-23(27-28-24)20-5-4-6-22(16-20)26-25(30)21-8-7-18(2)19(3)15-21/h4-10,15-17H,11-14H2,1-3H3,(H,26,30). The number of hydrogen-bond donors (Lipinski definition) is 1. The molecule has 1 aromatic heterocycles. The van der Waals surface area contributed by atoms with Gasteiger partial charge in [-0.2, -0.15) is 0 Å². The van der Waals surface area contributed by atoms with E-state index in [-0.39, 0.29) is 5.91 Å². The van der Waals surface area contributed by atoms with E-state index in [1.807, 2.05) is 68.4 Å². The summed E-state index contributed by atoms with van der Waals surface area (Å²) in [6, 6.07) is 17.5. The molecule has 5 heteroatoms. The zero-order valence-corrected chi connectivity index (χ0v) is 17.9. The Morgan fingerprint density at radius 2 is 1.77 bits per heavy atom. The van der Waals surface area contributed by atoms with Crippen molar-refractivity contribution in [3.05, 3.63) is 71.3 Å². The highest BCUT2D eigenvalue weighted by Crippen LogP contribution is 2.24. The van der Waals surface area contributed by atoms with Crippen LogP contribution in [0.2, 0.25) is 0 Å². The smallest absolute Gasteiger partial charge is 0.255 e. The van der Waals surface area contributed by atoms with Crippen molar-refractivity contribution in [1.29, 1.82) is 0 Å². The Bertz CT molecular complexity index is 1040. The highest BCUT2D eigenvalue weighted by Gasteiger charge is 2.17. The van der Waals surface area contributed by atoms with Crippen LogP contribution in [0.15, 0.2) is 54.6 Å². The van der Waals surface area contributed by atoms with Crippen LogP contribution in [-0.4, -0.2) is 29.2 Å². The van der Waals surface area contributed by atoms with Crippen molar-refractivity contribution >= 4 is 17.4 Å². The normalized spacial score (nSPS) is 14.6. The molecule has 1 aliphatic rings. The first-order chi connectivity index (χ1) is 14.5. The van der Waals surface area contributed by atoms with E-state index in [1.54, 1.807) is 0 Å². The molecule has 1 amide bonds. The summed E-state index contributed by atoms with van der Waals surface area (Å²) in [4.78, 5) is 14.9. The highest BCUT2D eigenvalue weighted by atomic mass is 16.1. The van der Waals surface area contributed by atoms with Gasteiger partial charge >= 0.3 is 0 Å². The third-order valence-corrected chi connectivity index (χ3v) is 5.94. The van der Waals surface area contributed by atoms with Crippen LogP contribution in [0.4, 0.5) is 11.5 Å². The molecule has 0 radical (unpaired) electrons. The van der Waals surface area contributed by atoms with Crippen LogP contribution in [0.25, 0.3) is 11.3 Å². The zero-order chi connectivity index (χ0) is 21.1. The van der Waals surface area contributed by atoms with Gasteiger partial charge in [0.05, 0.1) is 5.69 Å². The first-order valence-corrected chi connectivity index (χ1v) is 10.6. The molecule has 1 fully saturated rings. The van der Waals surface area contributed by atoms with E-state index in [0.717, 1.165) is 47.3 Å². The number of nitrogens with one attached hydrogen (secondary N) is 1. The summed E-state index contributed by atoms with van der Waals surface area (Å²) in [5.41, 5.74) is 5.41. The Labute approximate surface area is 178 Å². The van der Waals surface area contributed by atoms with Gasteiger partial charge in [-0.05, 0) is 80.1 Å². The molecule has 0 aliphatic carbocycles. The van der Waals surface area contributed by atoms with Crippen molar-refractivity contribution in [2.45, 2.75) is 33.6 Å². The van der Waals surface area contributed by atoms with Gasteiger partial charge in [0, 0.05) is 29.9 Å². The van der Waals surface area contributed by atoms with Crippen LogP contribution in [0, 0.1) is 19.8 Å². The number of rotatable bonds is 4. The Morgan fingerprint density at radius 1 is 0.967 bits per heavy atom. The van der Waals surface area contributed by atoms with Crippen molar-refractivity contribution in [2.24, 2.45) is 5.92 Å². The summed E-state index contributed by atoms with van der Waals surface area (Å²) in [7, 11) is 0. The maximum atomic E-state index is 12.6. The lowest BCUT2D eigenvalue weighted by molar-refractivity contribution is 0.102. The number of anilines is 2. The number of nitrogens with zero attached hydrogens (tertiary/aromatic N) is 3. The second-order valence-corrected chi connectivity index (χ2v) is 8.28. The molecule has 2 heterocycles. The van der Waals surface area contributed by atoms with Gasteiger partial charge in [0.15, 0.2) is 5.82 Å². The van der Waals surface area contributed by atoms with Crippen molar-refractivity contribution in [3.8, 4) is 11.3 Å². The first kappa shape index (κ1) is 20.1. The lowest BCUT2D eigenvalue weighted by Gasteiger charge is -2.30. The van der Waals surface area contributed by atoms with Gasteiger partial charge in [-0.15, -0.1) is 10.2 Å². The Kier molecular flexibility index (Phi) is 5.79. The molecule has 3 aromatic rings. The minimum Gasteiger partial charge on any atom is -0.355 e. The fourth-order valence-corrected chi connectivity index (χ4v) is 3.73. The van der Waals surface area contributed by atoms with Crippen LogP contribution < -0.4 is 10.2 Å². The van der Waals surface area contributed by atoms with Crippen LogP contribution >= 0.6 is 0 Å². The van der Waals surface area contributed by atoms with Crippen molar-refractivity contribution in [2.75, 3.05) is 23.3 Å². The zero-order valence-electron chi connectivity index (χ0n) is 17.9. The number of benzene rings is 2. The predicted molar refractivity (Wildman–Crippen MR) is 122 cm³/mol. The molecule has 30 heavy (non-hydrogen) atoms. The van der Waals surface area contributed by atoms with Crippen molar-refractivity contribution < 1.29 is 4.79 Å². The number of hydrogen-bond acceptors (Lipinski definition) is 4. The average molecular weight is 401 g/mol. The number of piperidine rings is 1. The molecular formula is C25H28N4O. The molecule has 1 aliphatic heterocycles. The lowest BCUT2D eigenvalue weighted by Crippen LogP contribution is -2.33. The molecule has 1 saturated heterocycles. The lowest BCUT2D eigenvalue weighted by atomic mass is 9.99. The van der Waals surface area contributed by atoms with Gasteiger partial charge in [-0.3, -0.25) is 4.79 Å². The number of aryl methyl sites for hydroxylation is 2. The highest BCUT2D eigenvalue weighted by molar-refractivity contribution is 6.04. The van der Waals surface area contributed by atoms with Gasteiger partial charge in [0.25, 0.3) is 5.91 Å². The molecule has 0 unspecified atom stereocenters. The van der Waals surface area contributed by atoms with Gasteiger partial charge in [-0.1, -0.05) is 25.1 Å². The number of carbonyl (C=O) groups is 1. The van der Waals surface area contributed by atoms with Gasteiger partial charge in [0.1, 0.15) is 0 Å². The monoisotopic (exact) mass is 400 g/mol. The summed E-state index contributed by atoms with van der Waals surface area (Å²) in [5.74, 6) is 1.61. The molecule has 0 atom stereocenters. The van der Waals surface area contributed by atoms with Gasteiger partial charge < -0.3 is 10.2 Å². The molecule has 4 rings (SSSR count). The maximum Gasteiger partial charge on any atom is 0.255 e. The summed E-state index contributed by atoms with van der Waals surface area (Å²) in [5, 5.41) is 11.9. The van der Waals surface area contributed by atoms with Crippen LogP contribution in [0.5, 0.6) is 0 Å².